The molecule has 0 aliphatic heterocycles. The summed E-state index contributed by atoms with van der Waals surface area (Å²) in [4.78, 5) is 0.672. The molecule has 1 heterocycles. The predicted molar refractivity (Wildman–Crippen MR) is 78.4 cm³/mol. The summed E-state index contributed by atoms with van der Waals surface area (Å²) in [5, 5.41) is 10.4. The smallest absolute Gasteiger partial charge is 0.216 e. The number of nitriles is 1. The van der Waals surface area contributed by atoms with Crippen LogP contribution in [0.5, 0.6) is 0 Å². The van der Waals surface area contributed by atoms with Gasteiger partial charge in [0, 0.05) is 5.39 Å². The zero-order valence-electron chi connectivity index (χ0n) is 10.3. The van der Waals surface area contributed by atoms with Crippen molar-refractivity contribution in [2.45, 2.75) is 9.10 Å². The van der Waals surface area contributed by atoms with Gasteiger partial charge >= 0.3 is 0 Å². The first-order valence-corrected chi connectivity index (χ1v) is 8.16. The van der Waals surface area contributed by atoms with E-state index in [1.807, 2.05) is 30.3 Å². The van der Waals surface area contributed by atoms with Crippen molar-refractivity contribution < 1.29 is 8.42 Å². The molecule has 0 saturated heterocycles. The van der Waals surface area contributed by atoms with Crippen LogP contribution in [0.3, 0.4) is 0 Å². The molecule has 0 aliphatic carbocycles. The van der Waals surface area contributed by atoms with E-state index in [-0.39, 0.29) is 9.10 Å². The van der Waals surface area contributed by atoms with Crippen LogP contribution in [0.2, 0.25) is 0 Å². The molecule has 3 aromatic rings. The van der Waals surface area contributed by atoms with Gasteiger partial charge in [-0.15, -0.1) is 11.3 Å². The zero-order valence-corrected chi connectivity index (χ0v) is 11.9. The van der Waals surface area contributed by atoms with E-state index in [1.54, 1.807) is 18.2 Å². The van der Waals surface area contributed by atoms with Crippen molar-refractivity contribution in [2.75, 3.05) is 0 Å². The maximum absolute atomic E-state index is 12.7. The summed E-state index contributed by atoms with van der Waals surface area (Å²) in [6.07, 6.45) is 0. The normalized spacial score (nSPS) is 11.3. The van der Waals surface area contributed by atoms with Crippen LogP contribution in [0, 0.1) is 11.3 Å². The highest BCUT2D eigenvalue weighted by molar-refractivity contribution is 7.93. The first-order valence-electron chi connectivity index (χ1n) is 5.86. The Hall–Kier alpha value is -2.16. The fourth-order valence-electron chi connectivity index (χ4n) is 2.06. The monoisotopic (exact) mass is 299 g/mol. The summed E-state index contributed by atoms with van der Waals surface area (Å²) in [7, 11) is -3.59. The standard InChI is InChI=1S/C15H9NO2S2/c16-10-12-8-9-15(19-12)20(17,18)14-7-3-5-11-4-1-2-6-13(11)14/h1-9H. The molecule has 3 nitrogen and oxygen atoms in total. The maximum atomic E-state index is 12.7. The summed E-state index contributed by atoms with van der Waals surface area (Å²) >= 11 is 0.994. The largest absolute Gasteiger partial charge is 0.218 e. The van der Waals surface area contributed by atoms with Crippen molar-refractivity contribution in [3.63, 3.8) is 0 Å². The Kier molecular flexibility index (Phi) is 3.05. The van der Waals surface area contributed by atoms with Crippen LogP contribution in [0.25, 0.3) is 10.8 Å². The number of hydrogen-bond donors (Lipinski definition) is 0. The molecule has 0 aliphatic rings. The molecule has 3 rings (SSSR count). The van der Waals surface area contributed by atoms with Crippen molar-refractivity contribution in [1.29, 1.82) is 5.26 Å². The molecule has 5 heteroatoms. The van der Waals surface area contributed by atoms with Gasteiger partial charge in [0.25, 0.3) is 0 Å². The lowest BCUT2D eigenvalue weighted by Gasteiger charge is -2.06. The Labute approximate surface area is 120 Å². The van der Waals surface area contributed by atoms with Gasteiger partial charge in [-0.25, -0.2) is 8.42 Å². The number of sulfone groups is 1. The Bertz CT molecular complexity index is 928. The van der Waals surface area contributed by atoms with E-state index in [4.69, 9.17) is 5.26 Å². The minimum atomic E-state index is -3.59. The maximum Gasteiger partial charge on any atom is 0.216 e. The van der Waals surface area contributed by atoms with Crippen molar-refractivity contribution >= 4 is 31.9 Å². The molecule has 0 unspecified atom stereocenters. The van der Waals surface area contributed by atoms with Gasteiger partial charge in [0.15, 0.2) is 0 Å². The highest BCUT2D eigenvalue weighted by Crippen LogP contribution is 2.31. The van der Waals surface area contributed by atoms with E-state index in [9.17, 15) is 8.42 Å². The van der Waals surface area contributed by atoms with Gasteiger partial charge in [-0.2, -0.15) is 5.26 Å². The van der Waals surface area contributed by atoms with E-state index in [2.05, 4.69) is 0 Å². The summed E-state index contributed by atoms with van der Waals surface area (Å²) in [5.41, 5.74) is 0. The molecule has 0 bridgehead atoms. The molecule has 98 valence electrons. The number of rotatable bonds is 2. The summed E-state index contributed by atoms with van der Waals surface area (Å²) in [5.74, 6) is 0. The number of fused-ring (bicyclic) bond motifs is 1. The molecule has 0 N–H and O–H groups in total. The van der Waals surface area contributed by atoms with Crippen molar-refractivity contribution in [3.05, 3.63) is 59.5 Å². The third kappa shape index (κ3) is 1.99. The molecule has 0 fully saturated rings. The summed E-state index contributed by atoms with van der Waals surface area (Å²) in [6.45, 7) is 0. The highest BCUT2D eigenvalue weighted by Gasteiger charge is 2.22. The van der Waals surface area contributed by atoms with Crippen LogP contribution < -0.4 is 0 Å². The Morgan fingerprint density at radius 1 is 0.950 bits per heavy atom. The predicted octanol–water partition coefficient (Wildman–Crippen LogP) is 3.61. The second kappa shape index (κ2) is 4.75. The van der Waals surface area contributed by atoms with Gasteiger partial charge in [-0.1, -0.05) is 36.4 Å². The summed E-state index contributed by atoms with van der Waals surface area (Å²) in [6, 6.07) is 17.5. The van der Waals surface area contributed by atoms with Crippen LogP contribution in [0.1, 0.15) is 4.88 Å². The SMILES string of the molecule is N#Cc1ccc(S(=O)(=O)c2cccc3ccccc23)s1. The lowest BCUT2D eigenvalue weighted by atomic mass is 10.1. The number of hydrogen-bond acceptors (Lipinski definition) is 4. The minimum absolute atomic E-state index is 0.199. The van der Waals surface area contributed by atoms with Gasteiger partial charge in [-0.3, -0.25) is 0 Å². The van der Waals surface area contributed by atoms with Crippen molar-refractivity contribution in [1.82, 2.24) is 0 Å². The second-order valence-electron chi connectivity index (χ2n) is 4.21. The molecule has 1 aromatic heterocycles. The first-order chi connectivity index (χ1) is 9.63. The third-order valence-corrected chi connectivity index (χ3v) is 6.29. The number of benzene rings is 2. The quantitative estimate of drug-likeness (QED) is 0.726. The molecule has 0 amide bonds. The molecule has 0 atom stereocenters. The van der Waals surface area contributed by atoms with Gasteiger partial charge in [0.05, 0.1) is 4.90 Å². The minimum Gasteiger partial charge on any atom is -0.218 e. The molecular weight excluding hydrogens is 290 g/mol. The van der Waals surface area contributed by atoms with E-state index < -0.39 is 9.84 Å². The molecule has 0 spiro atoms. The fraction of sp³-hybridized carbons (Fsp3) is 0. The Morgan fingerprint density at radius 3 is 2.45 bits per heavy atom. The van der Waals surface area contributed by atoms with Gasteiger partial charge in [-0.05, 0) is 23.6 Å². The van der Waals surface area contributed by atoms with E-state index >= 15 is 0 Å². The van der Waals surface area contributed by atoms with E-state index in [0.29, 0.717) is 10.3 Å². The highest BCUT2D eigenvalue weighted by atomic mass is 32.2. The number of thiophene rings is 1. The number of nitrogens with zero attached hydrogens (tertiary/aromatic N) is 1. The van der Waals surface area contributed by atoms with Crippen LogP contribution in [-0.4, -0.2) is 8.42 Å². The van der Waals surface area contributed by atoms with Crippen LogP contribution in [-0.2, 0) is 9.84 Å². The Balaban J connectivity index is 2.27. The average Bonchev–Trinajstić information content (AvgIpc) is 2.96. The van der Waals surface area contributed by atoms with Gasteiger partial charge < -0.3 is 0 Å². The lowest BCUT2D eigenvalue weighted by molar-refractivity contribution is 0.599. The second-order valence-corrected chi connectivity index (χ2v) is 7.44. The van der Waals surface area contributed by atoms with Crippen LogP contribution in [0.4, 0.5) is 0 Å². The first kappa shape index (κ1) is 12.9. The van der Waals surface area contributed by atoms with E-state index in [0.717, 1.165) is 16.7 Å². The van der Waals surface area contributed by atoms with Gasteiger partial charge in [0.1, 0.15) is 15.2 Å². The van der Waals surface area contributed by atoms with Crippen LogP contribution >= 0.6 is 11.3 Å². The zero-order chi connectivity index (χ0) is 14.2. The molecular formula is C15H9NO2S2. The third-order valence-electron chi connectivity index (χ3n) is 3.00. The van der Waals surface area contributed by atoms with Crippen molar-refractivity contribution in [3.8, 4) is 6.07 Å². The molecule has 0 radical (unpaired) electrons. The average molecular weight is 299 g/mol. The molecule has 2 aromatic carbocycles. The topological polar surface area (TPSA) is 57.9 Å². The van der Waals surface area contributed by atoms with Crippen molar-refractivity contribution in [2.24, 2.45) is 0 Å². The molecule has 20 heavy (non-hydrogen) atoms. The Morgan fingerprint density at radius 2 is 1.70 bits per heavy atom. The van der Waals surface area contributed by atoms with Crippen LogP contribution in [0.15, 0.2) is 63.7 Å². The fourth-order valence-corrected chi connectivity index (χ4v) is 4.77. The van der Waals surface area contributed by atoms with E-state index in [1.165, 1.54) is 12.1 Å². The molecule has 0 saturated carbocycles. The lowest BCUT2D eigenvalue weighted by Crippen LogP contribution is -2.00. The summed E-state index contributed by atoms with van der Waals surface area (Å²) < 4.78 is 25.6. The van der Waals surface area contributed by atoms with Gasteiger partial charge in [0.2, 0.25) is 9.84 Å².